The highest BCUT2D eigenvalue weighted by molar-refractivity contribution is 6.05. The number of carbonyl (C=O) groups excluding carboxylic acids is 1. The van der Waals surface area contributed by atoms with Gasteiger partial charge in [-0.2, -0.15) is 10.2 Å². The molecule has 8 heteroatoms. The van der Waals surface area contributed by atoms with Crippen LogP contribution in [-0.2, 0) is 7.05 Å². The number of aromatic nitrogens is 6. The van der Waals surface area contributed by atoms with Gasteiger partial charge in [0.1, 0.15) is 0 Å². The Kier molecular flexibility index (Phi) is 3.88. The van der Waals surface area contributed by atoms with Gasteiger partial charge in [0.05, 0.1) is 35.0 Å². The van der Waals surface area contributed by atoms with Crippen LogP contribution in [-0.4, -0.2) is 35.4 Å². The normalized spacial score (nSPS) is 10.9. The molecular weight excluding hydrogens is 306 g/mol. The van der Waals surface area contributed by atoms with Crippen LogP contribution in [0.15, 0.2) is 18.5 Å². The van der Waals surface area contributed by atoms with Gasteiger partial charge >= 0.3 is 0 Å². The van der Waals surface area contributed by atoms with Gasteiger partial charge in [-0.05, 0) is 33.8 Å². The van der Waals surface area contributed by atoms with Crippen LogP contribution >= 0.6 is 0 Å². The van der Waals surface area contributed by atoms with Crippen molar-refractivity contribution in [3.63, 3.8) is 0 Å². The Morgan fingerprint density at radius 1 is 1.08 bits per heavy atom. The molecule has 0 saturated carbocycles. The Morgan fingerprint density at radius 3 is 2.25 bits per heavy atom. The van der Waals surface area contributed by atoms with Gasteiger partial charge in [0.25, 0.3) is 11.9 Å². The molecule has 0 fully saturated rings. The highest BCUT2D eigenvalue weighted by atomic mass is 16.1. The summed E-state index contributed by atoms with van der Waals surface area (Å²) in [5.41, 5.74) is 4.44. The van der Waals surface area contributed by atoms with Gasteiger partial charge in [-0.1, -0.05) is 0 Å². The maximum atomic E-state index is 12.4. The van der Waals surface area contributed by atoms with Crippen LogP contribution in [0, 0.1) is 27.7 Å². The fourth-order valence-electron chi connectivity index (χ4n) is 2.62. The minimum absolute atomic E-state index is 0.222. The van der Waals surface area contributed by atoms with Crippen molar-refractivity contribution in [3.8, 4) is 5.95 Å². The van der Waals surface area contributed by atoms with E-state index in [4.69, 9.17) is 0 Å². The molecule has 3 aromatic heterocycles. The van der Waals surface area contributed by atoms with Crippen molar-refractivity contribution in [1.29, 1.82) is 0 Å². The monoisotopic (exact) mass is 325 g/mol. The fraction of sp³-hybridized carbons (Fsp3) is 0.312. The second kappa shape index (κ2) is 5.88. The maximum absolute atomic E-state index is 12.4. The molecule has 0 radical (unpaired) electrons. The third-order valence-corrected chi connectivity index (χ3v) is 3.83. The number of rotatable bonds is 3. The lowest BCUT2D eigenvalue weighted by Crippen LogP contribution is -2.15. The van der Waals surface area contributed by atoms with E-state index >= 15 is 0 Å². The zero-order chi connectivity index (χ0) is 17.4. The molecule has 8 nitrogen and oxygen atoms in total. The van der Waals surface area contributed by atoms with Crippen molar-refractivity contribution in [2.24, 2.45) is 7.05 Å². The number of hydrogen-bond donors (Lipinski definition) is 1. The van der Waals surface area contributed by atoms with Crippen molar-refractivity contribution in [2.45, 2.75) is 27.7 Å². The van der Waals surface area contributed by atoms with Crippen molar-refractivity contribution in [3.05, 3.63) is 46.8 Å². The van der Waals surface area contributed by atoms with E-state index in [1.54, 1.807) is 21.8 Å². The van der Waals surface area contributed by atoms with Crippen LogP contribution in [0.3, 0.4) is 0 Å². The number of hydrogen-bond acceptors (Lipinski definition) is 5. The number of nitrogens with one attached hydrogen (secondary N) is 1. The quantitative estimate of drug-likeness (QED) is 0.794. The smallest absolute Gasteiger partial charge is 0.259 e. The standard InChI is InChI=1S/C16H19N7O/c1-9-6-10(2)23(20-9)16-17-7-13(8-18-16)19-15(24)14-11(3)21-22(5)12(14)4/h6-8H,1-5H3,(H,19,24). The third kappa shape index (κ3) is 2.78. The first kappa shape index (κ1) is 15.9. The Hall–Kier alpha value is -3.03. The molecule has 0 bridgehead atoms. The van der Waals surface area contributed by atoms with Crippen molar-refractivity contribution < 1.29 is 4.79 Å². The van der Waals surface area contributed by atoms with Gasteiger partial charge in [-0.25, -0.2) is 14.6 Å². The van der Waals surface area contributed by atoms with Gasteiger partial charge in [0.15, 0.2) is 0 Å². The Labute approximate surface area is 139 Å². The minimum Gasteiger partial charge on any atom is -0.319 e. The van der Waals surface area contributed by atoms with Gasteiger partial charge in [0, 0.05) is 18.4 Å². The Morgan fingerprint density at radius 2 is 1.75 bits per heavy atom. The number of amides is 1. The predicted octanol–water partition coefficient (Wildman–Crippen LogP) is 1.88. The zero-order valence-corrected chi connectivity index (χ0v) is 14.3. The van der Waals surface area contributed by atoms with Gasteiger partial charge in [0.2, 0.25) is 0 Å². The molecule has 0 aliphatic heterocycles. The second-order valence-electron chi connectivity index (χ2n) is 5.73. The summed E-state index contributed by atoms with van der Waals surface area (Å²) in [6, 6.07) is 1.95. The molecule has 3 heterocycles. The van der Waals surface area contributed by atoms with Gasteiger partial charge in [-0.15, -0.1) is 0 Å². The molecule has 1 amide bonds. The molecule has 0 saturated heterocycles. The van der Waals surface area contributed by atoms with E-state index in [0.29, 0.717) is 22.9 Å². The average Bonchev–Trinajstić information content (AvgIpc) is 2.98. The van der Waals surface area contributed by atoms with Crippen LogP contribution < -0.4 is 5.32 Å². The molecular formula is C16H19N7O. The van der Waals surface area contributed by atoms with Gasteiger partial charge < -0.3 is 5.32 Å². The van der Waals surface area contributed by atoms with E-state index in [1.165, 1.54) is 0 Å². The molecule has 0 aromatic carbocycles. The van der Waals surface area contributed by atoms with Crippen molar-refractivity contribution >= 4 is 11.6 Å². The van der Waals surface area contributed by atoms with Crippen LogP contribution in [0.25, 0.3) is 5.95 Å². The Balaban J connectivity index is 1.81. The largest absolute Gasteiger partial charge is 0.319 e. The number of aryl methyl sites for hydroxylation is 4. The van der Waals surface area contributed by atoms with E-state index < -0.39 is 0 Å². The molecule has 1 N–H and O–H groups in total. The summed E-state index contributed by atoms with van der Waals surface area (Å²) in [6.07, 6.45) is 3.13. The average molecular weight is 325 g/mol. The van der Waals surface area contributed by atoms with Crippen LogP contribution in [0.5, 0.6) is 0 Å². The molecule has 124 valence electrons. The van der Waals surface area contributed by atoms with Crippen molar-refractivity contribution in [2.75, 3.05) is 5.32 Å². The third-order valence-electron chi connectivity index (χ3n) is 3.83. The first-order valence-electron chi connectivity index (χ1n) is 7.54. The van der Waals surface area contributed by atoms with Gasteiger partial charge in [-0.3, -0.25) is 9.48 Å². The molecule has 0 aliphatic rings. The number of carbonyl (C=O) groups is 1. The van der Waals surface area contributed by atoms with E-state index in [1.807, 2.05) is 40.8 Å². The lowest BCUT2D eigenvalue weighted by Gasteiger charge is -2.06. The topological polar surface area (TPSA) is 90.5 Å². The summed E-state index contributed by atoms with van der Waals surface area (Å²) in [5.74, 6) is 0.243. The molecule has 0 atom stereocenters. The summed E-state index contributed by atoms with van der Waals surface area (Å²) >= 11 is 0. The summed E-state index contributed by atoms with van der Waals surface area (Å²) in [5, 5.41) is 11.4. The summed E-state index contributed by atoms with van der Waals surface area (Å²) in [6.45, 7) is 7.52. The predicted molar refractivity (Wildman–Crippen MR) is 89.3 cm³/mol. The van der Waals surface area contributed by atoms with E-state index in [9.17, 15) is 4.79 Å². The highest BCUT2D eigenvalue weighted by Gasteiger charge is 2.17. The van der Waals surface area contributed by atoms with Crippen LogP contribution in [0.4, 0.5) is 5.69 Å². The molecule has 3 aromatic rings. The maximum Gasteiger partial charge on any atom is 0.259 e. The summed E-state index contributed by atoms with van der Waals surface area (Å²) in [7, 11) is 1.81. The van der Waals surface area contributed by atoms with E-state index in [-0.39, 0.29) is 5.91 Å². The molecule has 0 unspecified atom stereocenters. The lowest BCUT2D eigenvalue weighted by atomic mass is 10.2. The highest BCUT2D eigenvalue weighted by Crippen LogP contribution is 2.15. The molecule has 0 spiro atoms. The summed E-state index contributed by atoms with van der Waals surface area (Å²) in [4.78, 5) is 21.0. The van der Waals surface area contributed by atoms with E-state index in [2.05, 4.69) is 25.5 Å². The molecule has 0 aliphatic carbocycles. The minimum atomic E-state index is -0.222. The SMILES string of the molecule is Cc1cc(C)n(-c2ncc(NC(=O)c3c(C)nn(C)c3C)cn2)n1. The number of nitrogens with zero attached hydrogens (tertiary/aromatic N) is 6. The van der Waals surface area contributed by atoms with E-state index in [0.717, 1.165) is 17.1 Å². The Bertz CT molecular complexity index is 905. The van der Waals surface area contributed by atoms with Crippen molar-refractivity contribution in [1.82, 2.24) is 29.5 Å². The zero-order valence-electron chi connectivity index (χ0n) is 14.3. The number of anilines is 1. The molecule has 24 heavy (non-hydrogen) atoms. The second-order valence-corrected chi connectivity index (χ2v) is 5.73. The summed E-state index contributed by atoms with van der Waals surface area (Å²) < 4.78 is 3.35. The van der Waals surface area contributed by atoms with Crippen LogP contribution in [0.2, 0.25) is 0 Å². The first-order valence-corrected chi connectivity index (χ1v) is 7.54. The fourth-order valence-corrected chi connectivity index (χ4v) is 2.62. The lowest BCUT2D eigenvalue weighted by molar-refractivity contribution is 0.102. The first-order chi connectivity index (χ1) is 11.4. The van der Waals surface area contributed by atoms with Crippen LogP contribution in [0.1, 0.15) is 33.1 Å². The molecule has 3 rings (SSSR count).